The van der Waals surface area contributed by atoms with Gasteiger partial charge < -0.3 is 10.1 Å². The maximum Gasteiger partial charge on any atom is 0.264 e. The second-order valence-corrected chi connectivity index (χ2v) is 8.30. The van der Waals surface area contributed by atoms with Crippen molar-refractivity contribution in [3.05, 3.63) is 90.2 Å². The topological polar surface area (TPSA) is 75.7 Å². The molecule has 0 radical (unpaired) electrons. The quantitative estimate of drug-likeness (QED) is 0.597. The molecule has 0 fully saturated rings. The number of halogens is 1. The average molecular weight is 428 g/mol. The maximum absolute atomic E-state index is 13.3. The molecule has 0 atom stereocenters. The first-order chi connectivity index (χ1) is 14.4. The molecule has 0 heterocycles. The molecule has 0 saturated heterocycles. The van der Waals surface area contributed by atoms with Gasteiger partial charge in [-0.05, 0) is 42.0 Å². The fourth-order valence-corrected chi connectivity index (χ4v) is 4.27. The van der Waals surface area contributed by atoms with Crippen LogP contribution in [0.2, 0.25) is 0 Å². The van der Waals surface area contributed by atoms with Crippen LogP contribution in [-0.2, 0) is 21.4 Å². The van der Waals surface area contributed by atoms with Crippen molar-refractivity contribution in [1.82, 2.24) is 5.32 Å². The molecule has 0 aliphatic heterocycles. The first-order valence-corrected chi connectivity index (χ1v) is 10.6. The van der Waals surface area contributed by atoms with E-state index in [1.165, 1.54) is 31.4 Å². The standard InChI is InChI=1S/C22H21FN2O4S/c1-29-20-10-6-9-19(14-20)25(30(27,28)21-11-3-2-4-12-21)16-22(26)24-15-17-7-5-8-18(23)13-17/h2-14H,15-16H2,1H3,(H,24,26). The maximum atomic E-state index is 13.3. The van der Waals surface area contributed by atoms with Gasteiger partial charge in [-0.3, -0.25) is 9.10 Å². The van der Waals surface area contributed by atoms with Crippen LogP contribution in [0, 0.1) is 5.82 Å². The van der Waals surface area contributed by atoms with Gasteiger partial charge >= 0.3 is 0 Å². The summed E-state index contributed by atoms with van der Waals surface area (Å²) in [6.45, 7) is -0.367. The molecule has 3 rings (SSSR count). The monoisotopic (exact) mass is 428 g/mol. The Labute approximate surface area is 175 Å². The lowest BCUT2D eigenvalue weighted by Crippen LogP contribution is -2.40. The van der Waals surface area contributed by atoms with Crippen LogP contribution >= 0.6 is 0 Å². The number of sulfonamides is 1. The zero-order valence-electron chi connectivity index (χ0n) is 16.3. The van der Waals surface area contributed by atoms with Crippen LogP contribution < -0.4 is 14.4 Å². The van der Waals surface area contributed by atoms with Gasteiger partial charge in [0.05, 0.1) is 17.7 Å². The summed E-state index contributed by atoms with van der Waals surface area (Å²) in [5.41, 5.74) is 0.862. The fraction of sp³-hybridized carbons (Fsp3) is 0.136. The van der Waals surface area contributed by atoms with E-state index < -0.39 is 28.3 Å². The highest BCUT2D eigenvalue weighted by molar-refractivity contribution is 7.92. The van der Waals surface area contributed by atoms with Gasteiger partial charge in [-0.15, -0.1) is 0 Å². The molecule has 0 saturated carbocycles. The molecular formula is C22H21FN2O4S. The van der Waals surface area contributed by atoms with Crippen molar-refractivity contribution in [3.8, 4) is 5.75 Å². The predicted molar refractivity (Wildman–Crippen MR) is 112 cm³/mol. The lowest BCUT2D eigenvalue weighted by atomic mass is 10.2. The zero-order chi connectivity index (χ0) is 21.6. The van der Waals surface area contributed by atoms with E-state index in [-0.39, 0.29) is 11.4 Å². The van der Waals surface area contributed by atoms with Crippen molar-refractivity contribution in [2.45, 2.75) is 11.4 Å². The summed E-state index contributed by atoms with van der Waals surface area (Å²) in [6, 6.07) is 20.1. The van der Waals surface area contributed by atoms with Crippen molar-refractivity contribution >= 4 is 21.6 Å². The second-order valence-electron chi connectivity index (χ2n) is 6.43. The third-order valence-electron chi connectivity index (χ3n) is 4.34. The summed E-state index contributed by atoms with van der Waals surface area (Å²) in [7, 11) is -2.53. The summed E-state index contributed by atoms with van der Waals surface area (Å²) < 4.78 is 46.0. The van der Waals surface area contributed by atoms with Crippen LogP contribution in [-0.4, -0.2) is 28.0 Å². The largest absolute Gasteiger partial charge is 0.497 e. The lowest BCUT2D eigenvalue weighted by molar-refractivity contribution is -0.119. The molecule has 0 bridgehead atoms. The fourth-order valence-electron chi connectivity index (χ4n) is 2.83. The second kappa shape index (κ2) is 9.41. The number of methoxy groups -OCH3 is 1. The molecule has 3 aromatic rings. The van der Waals surface area contributed by atoms with Gasteiger partial charge in [-0.25, -0.2) is 12.8 Å². The molecule has 30 heavy (non-hydrogen) atoms. The Bertz CT molecular complexity index is 1120. The van der Waals surface area contributed by atoms with Crippen molar-refractivity contribution < 1.29 is 22.3 Å². The van der Waals surface area contributed by atoms with Crippen molar-refractivity contribution in [2.75, 3.05) is 18.0 Å². The van der Waals surface area contributed by atoms with E-state index in [4.69, 9.17) is 4.74 Å². The Morgan fingerprint density at radius 2 is 1.73 bits per heavy atom. The van der Waals surface area contributed by atoms with E-state index in [9.17, 15) is 17.6 Å². The number of nitrogens with one attached hydrogen (secondary N) is 1. The molecule has 1 N–H and O–H groups in total. The van der Waals surface area contributed by atoms with Crippen LogP contribution in [0.25, 0.3) is 0 Å². The number of ether oxygens (including phenoxy) is 1. The minimum atomic E-state index is -4.01. The highest BCUT2D eigenvalue weighted by Crippen LogP contribution is 2.26. The Hall–Kier alpha value is -3.39. The van der Waals surface area contributed by atoms with Crippen LogP contribution in [0.5, 0.6) is 5.75 Å². The van der Waals surface area contributed by atoms with Gasteiger partial charge in [0, 0.05) is 12.6 Å². The highest BCUT2D eigenvalue weighted by Gasteiger charge is 2.27. The van der Waals surface area contributed by atoms with E-state index >= 15 is 0 Å². The van der Waals surface area contributed by atoms with Gasteiger partial charge in [-0.2, -0.15) is 0 Å². The molecule has 6 nitrogen and oxygen atoms in total. The number of nitrogens with zero attached hydrogens (tertiary/aromatic N) is 1. The smallest absolute Gasteiger partial charge is 0.264 e. The molecule has 0 spiro atoms. The van der Waals surface area contributed by atoms with E-state index in [2.05, 4.69) is 5.32 Å². The van der Waals surface area contributed by atoms with Crippen molar-refractivity contribution in [3.63, 3.8) is 0 Å². The molecule has 0 aliphatic rings. The Morgan fingerprint density at radius 1 is 1.00 bits per heavy atom. The third-order valence-corrected chi connectivity index (χ3v) is 6.13. The molecule has 0 aliphatic carbocycles. The highest BCUT2D eigenvalue weighted by atomic mass is 32.2. The Balaban J connectivity index is 1.86. The van der Waals surface area contributed by atoms with E-state index in [0.29, 0.717) is 17.0 Å². The number of amides is 1. The van der Waals surface area contributed by atoms with Gasteiger partial charge in [0.15, 0.2) is 0 Å². The van der Waals surface area contributed by atoms with E-state index in [0.717, 1.165) is 4.31 Å². The number of benzene rings is 3. The van der Waals surface area contributed by atoms with Crippen molar-refractivity contribution in [1.29, 1.82) is 0 Å². The minimum Gasteiger partial charge on any atom is -0.497 e. The van der Waals surface area contributed by atoms with Crippen molar-refractivity contribution in [2.24, 2.45) is 0 Å². The SMILES string of the molecule is COc1cccc(N(CC(=O)NCc2cccc(F)c2)S(=O)(=O)c2ccccc2)c1. The average Bonchev–Trinajstić information content (AvgIpc) is 2.76. The summed E-state index contributed by atoms with van der Waals surface area (Å²) in [5.74, 6) is -0.478. The van der Waals surface area contributed by atoms with Crippen LogP contribution in [0.3, 0.4) is 0 Å². The molecule has 1 amide bonds. The first-order valence-electron chi connectivity index (χ1n) is 9.13. The summed E-state index contributed by atoms with van der Waals surface area (Å²) in [5, 5.41) is 2.64. The van der Waals surface area contributed by atoms with E-state index in [1.54, 1.807) is 54.6 Å². The Kier molecular flexibility index (Phi) is 6.68. The zero-order valence-corrected chi connectivity index (χ0v) is 17.1. The van der Waals surface area contributed by atoms with E-state index in [1.807, 2.05) is 0 Å². The van der Waals surface area contributed by atoms with Gasteiger partial charge in [0.25, 0.3) is 10.0 Å². The summed E-state index contributed by atoms with van der Waals surface area (Å²) in [6.07, 6.45) is 0. The van der Waals surface area contributed by atoms with Gasteiger partial charge in [0.2, 0.25) is 5.91 Å². The number of rotatable bonds is 8. The van der Waals surface area contributed by atoms with Crippen LogP contribution in [0.4, 0.5) is 10.1 Å². The summed E-state index contributed by atoms with van der Waals surface area (Å²) in [4.78, 5) is 12.6. The van der Waals surface area contributed by atoms with Crippen LogP contribution in [0.1, 0.15) is 5.56 Å². The molecule has 156 valence electrons. The number of hydrogen-bond donors (Lipinski definition) is 1. The minimum absolute atomic E-state index is 0.0609. The lowest BCUT2D eigenvalue weighted by Gasteiger charge is -2.24. The molecule has 0 aromatic heterocycles. The first kappa shape index (κ1) is 21.3. The molecular weight excluding hydrogens is 407 g/mol. The Morgan fingerprint density at radius 3 is 2.43 bits per heavy atom. The number of carbonyl (C=O) groups is 1. The normalized spacial score (nSPS) is 11.0. The third kappa shape index (κ3) is 5.15. The van der Waals surface area contributed by atoms with Gasteiger partial charge in [0.1, 0.15) is 18.1 Å². The number of carbonyl (C=O) groups excluding carboxylic acids is 1. The summed E-state index contributed by atoms with van der Waals surface area (Å²) >= 11 is 0. The number of anilines is 1. The molecule has 0 unspecified atom stereocenters. The predicted octanol–water partition coefficient (Wildman–Crippen LogP) is 3.35. The van der Waals surface area contributed by atoms with Crippen LogP contribution in [0.15, 0.2) is 83.8 Å². The molecule has 3 aromatic carbocycles. The van der Waals surface area contributed by atoms with Gasteiger partial charge in [-0.1, -0.05) is 36.4 Å². The number of hydrogen-bond acceptors (Lipinski definition) is 4. The molecule has 8 heteroatoms.